The fourth-order valence-corrected chi connectivity index (χ4v) is 4.85. The standard InChI is InChI=1S/C29H23N3O2S/c1-3-23(19-9-11-20(12-10-19)29-30-15-16-35-29)28(21-13-14-25-22(17-21)18-31-32-25)24-7-5-6-8-26(24)34-27(33)4-2/h4-18H,2-3H2,1H3,(H,31,32)/b28-23+. The third kappa shape index (κ3) is 4.56. The maximum absolute atomic E-state index is 12.1. The average molecular weight is 478 g/mol. The number of carbonyl (C=O) groups excluding carboxylic acids is 1. The van der Waals surface area contributed by atoms with E-state index in [1.54, 1.807) is 11.3 Å². The Morgan fingerprint density at radius 2 is 1.89 bits per heavy atom. The first-order chi connectivity index (χ1) is 17.2. The molecule has 0 radical (unpaired) electrons. The van der Waals surface area contributed by atoms with Crippen molar-refractivity contribution in [3.8, 4) is 16.3 Å². The van der Waals surface area contributed by atoms with E-state index in [0.29, 0.717) is 5.75 Å². The highest BCUT2D eigenvalue weighted by Crippen LogP contribution is 2.39. The molecule has 2 heterocycles. The summed E-state index contributed by atoms with van der Waals surface area (Å²) >= 11 is 1.62. The number of hydrogen-bond acceptors (Lipinski definition) is 5. The lowest BCUT2D eigenvalue weighted by molar-refractivity contribution is -0.128. The molecule has 2 aromatic heterocycles. The Kier molecular flexibility index (Phi) is 6.37. The number of nitrogens with zero attached hydrogens (tertiary/aromatic N) is 2. The summed E-state index contributed by atoms with van der Waals surface area (Å²) in [6.07, 6.45) is 5.58. The molecule has 5 nitrogen and oxygen atoms in total. The second-order valence-corrected chi connectivity index (χ2v) is 8.81. The van der Waals surface area contributed by atoms with Crippen LogP contribution in [0.3, 0.4) is 0 Å². The van der Waals surface area contributed by atoms with E-state index in [1.165, 1.54) is 6.08 Å². The van der Waals surface area contributed by atoms with Crippen LogP contribution in [0.2, 0.25) is 0 Å². The SMILES string of the molecule is C=CC(=O)Oc1ccccc1/C(=C(\CC)c1ccc(-c2nccs2)cc1)c1ccc2[nH]ncc2c1. The van der Waals surface area contributed by atoms with Gasteiger partial charge in [0.15, 0.2) is 0 Å². The van der Waals surface area contributed by atoms with Gasteiger partial charge in [0.05, 0.1) is 11.7 Å². The minimum Gasteiger partial charge on any atom is -0.423 e. The van der Waals surface area contributed by atoms with E-state index in [4.69, 9.17) is 4.74 Å². The van der Waals surface area contributed by atoms with Gasteiger partial charge < -0.3 is 4.74 Å². The number of allylic oxidation sites excluding steroid dienone is 1. The number of fused-ring (bicyclic) bond motifs is 1. The third-order valence-corrected chi connectivity index (χ3v) is 6.65. The predicted molar refractivity (Wildman–Crippen MR) is 142 cm³/mol. The number of para-hydroxylation sites is 1. The number of aromatic amines is 1. The van der Waals surface area contributed by atoms with Crippen LogP contribution in [0.25, 0.3) is 32.6 Å². The minimum atomic E-state index is -0.493. The molecule has 5 rings (SSSR count). The largest absolute Gasteiger partial charge is 0.423 e. The van der Waals surface area contributed by atoms with Gasteiger partial charge in [-0.15, -0.1) is 11.3 Å². The summed E-state index contributed by atoms with van der Waals surface area (Å²) in [6, 6.07) is 22.3. The van der Waals surface area contributed by atoms with Crippen LogP contribution in [0, 0.1) is 0 Å². The number of H-pyrrole nitrogens is 1. The van der Waals surface area contributed by atoms with Crippen LogP contribution in [0.4, 0.5) is 0 Å². The smallest absolute Gasteiger partial charge is 0.335 e. The Balaban J connectivity index is 1.72. The van der Waals surface area contributed by atoms with Crippen molar-refractivity contribution in [1.82, 2.24) is 15.2 Å². The van der Waals surface area contributed by atoms with Gasteiger partial charge >= 0.3 is 5.97 Å². The number of aromatic nitrogens is 3. The van der Waals surface area contributed by atoms with Crippen molar-refractivity contribution in [3.05, 3.63) is 114 Å². The molecule has 1 N–H and O–H groups in total. The Morgan fingerprint density at radius 3 is 2.63 bits per heavy atom. The molecule has 6 heteroatoms. The Hall–Kier alpha value is -4.29. The second-order valence-electron chi connectivity index (χ2n) is 7.92. The predicted octanol–water partition coefficient (Wildman–Crippen LogP) is 7.15. The Bertz CT molecular complexity index is 1530. The molecular formula is C29H23N3O2S. The molecule has 172 valence electrons. The van der Waals surface area contributed by atoms with Crippen molar-refractivity contribution in [2.45, 2.75) is 13.3 Å². The van der Waals surface area contributed by atoms with Crippen LogP contribution >= 0.6 is 11.3 Å². The maximum atomic E-state index is 12.1. The van der Waals surface area contributed by atoms with E-state index in [9.17, 15) is 4.79 Å². The highest BCUT2D eigenvalue weighted by molar-refractivity contribution is 7.13. The van der Waals surface area contributed by atoms with Crippen molar-refractivity contribution in [2.24, 2.45) is 0 Å². The van der Waals surface area contributed by atoms with Gasteiger partial charge in [0.1, 0.15) is 10.8 Å². The molecule has 3 aromatic carbocycles. The first-order valence-corrected chi connectivity index (χ1v) is 12.2. The zero-order valence-corrected chi connectivity index (χ0v) is 20.0. The number of carbonyl (C=O) groups is 1. The topological polar surface area (TPSA) is 67.9 Å². The molecule has 0 bridgehead atoms. The van der Waals surface area contributed by atoms with Gasteiger partial charge in [0, 0.05) is 34.2 Å². The molecular weight excluding hydrogens is 454 g/mol. The lowest BCUT2D eigenvalue weighted by Crippen LogP contribution is -2.06. The van der Waals surface area contributed by atoms with Crippen LogP contribution in [-0.4, -0.2) is 21.2 Å². The third-order valence-electron chi connectivity index (χ3n) is 5.83. The van der Waals surface area contributed by atoms with Crippen molar-refractivity contribution < 1.29 is 9.53 Å². The number of benzene rings is 3. The molecule has 5 aromatic rings. The first-order valence-electron chi connectivity index (χ1n) is 11.3. The normalized spacial score (nSPS) is 11.8. The van der Waals surface area contributed by atoms with Crippen LogP contribution in [0.5, 0.6) is 5.75 Å². The van der Waals surface area contributed by atoms with Crippen molar-refractivity contribution in [1.29, 1.82) is 0 Å². The molecule has 0 aliphatic heterocycles. The van der Waals surface area contributed by atoms with Crippen LogP contribution in [-0.2, 0) is 4.79 Å². The van der Waals surface area contributed by atoms with Gasteiger partial charge in [0.25, 0.3) is 0 Å². The van der Waals surface area contributed by atoms with E-state index >= 15 is 0 Å². The lowest BCUT2D eigenvalue weighted by Gasteiger charge is -2.19. The molecule has 0 aliphatic carbocycles. The summed E-state index contributed by atoms with van der Waals surface area (Å²) in [7, 11) is 0. The molecule has 0 spiro atoms. The van der Waals surface area contributed by atoms with E-state index in [1.807, 2.05) is 48.1 Å². The molecule has 35 heavy (non-hydrogen) atoms. The van der Waals surface area contributed by atoms with Crippen LogP contribution in [0.1, 0.15) is 30.0 Å². The van der Waals surface area contributed by atoms with Gasteiger partial charge in [0.2, 0.25) is 0 Å². The molecule has 0 saturated carbocycles. The number of ether oxygens (including phenoxy) is 1. The van der Waals surface area contributed by atoms with Gasteiger partial charge in [-0.1, -0.05) is 62.0 Å². The zero-order chi connectivity index (χ0) is 24.2. The van der Waals surface area contributed by atoms with Crippen LogP contribution in [0.15, 0.2) is 97.2 Å². The van der Waals surface area contributed by atoms with Crippen molar-refractivity contribution in [2.75, 3.05) is 0 Å². The van der Waals surface area contributed by atoms with E-state index in [2.05, 4.69) is 65.1 Å². The molecule has 0 amide bonds. The fourth-order valence-electron chi connectivity index (χ4n) is 4.21. The minimum absolute atomic E-state index is 0.491. The van der Waals surface area contributed by atoms with E-state index < -0.39 is 5.97 Å². The van der Waals surface area contributed by atoms with Gasteiger partial charge in [-0.3, -0.25) is 5.10 Å². The summed E-state index contributed by atoms with van der Waals surface area (Å²) in [5.74, 6) is -0.00187. The number of esters is 1. The summed E-state index contributed by atoms with van der Waals surface area (Å²) in [4.78, 5) is 16.5. The van der Waals surface area contributed by atoms with Crippen molar-refractivity contribution >= 4 is 39.4 Å². The summed E-state index contributed by atoms with van der Waals surface area (Å²) < 4.78 is 5.65. The number of nitrogens with one attached hydrogen (secondary N) is 1. The Labute approximate surface area is 207 Å². The fraction of sp³-hybridized carbons (Fsp3) is 0.0690. The molecule has 0 atom stereocenters. The zero-order valence-electron chi connectivity index (χ0n) is 19.2. The van der Waals surface area contributed by atoms with Gasteiger partial charge in [-0.25, -0.2) is 9.78 Å². The summed E-state index contributed by atoms with van der Waals surface area (Å²) in [5.41, 5.74) is 7.14. The quantitative estimate of drug-likeness (QED) is 0.117. The number of rotatable bonds is 7. The molecule has 0 fully saturated rings. The van der Waals surface area contributed by atoms with Gasteiger partial charge in [-0.2, -0.15) is 5.10 Å². The molecule has 0 unspecified atom stereocenters. The monoisotopic (exact) mass is 477 g/mol. The van der Waals surface area contributed by atoms with Gasteiger partial charge in [-0.05, 0) is 46.9 Å². The van der Waals surface area contributed by atoms with E-state index in [0.717, 1.165) is 55.7 Å². The highest BCUT2D eigenvalue weighted by Gasteiger charge is 2.19. The maximum Gasteiger partial charge on any atom is 0.335 e. The van der Waals surface area contributed by atoms with Crippen LogP contribution < -0.4 is 4.74 Å². The average Bonchev–Trinajstić information content (AvgIpc) is 3.60. The summed E-state index contributed by atoms with van der Waals surface area (Å²) in [6.45, 7) is 5.68. The first kappa shape index (κ1) is 22.5. The van der Waals surface area contributed by atoms with E-state index in [-0.39, 0.29) is 0 Å². The molecule has 0 aliphatic rings. The van der Waals surface area contributed by atoms with Crippen molar-refractivity contribution in [3.63, 3.8) is 0 Å². The second kappa shape index (κ2) is 9.91. The number of thiazole rings is 1. The molecule has 0 saturated heterocycles. The highest BCUT2D eigenvalue weighted by atomic mass is 32.1. The Morgan fingerprint density at radius 1 is 1.09 bits per heavy atom. The summed E-state index contributed by atoms with van der Waals surface area (Å²) in [5, 5.41) is 11.2. The lowest BCUT2D eigenvalue weighted by atomic mass is 9.87. The number of hydrogen-bond donors (Lipinski definition) is 1.